The standard InChI is InChI=1S/C23H29N5O2/c1-27(2)21-9-5-18(6-10-21)4-3-14-28-15-13-20(17-28)25-22-11-7-19(16-24-22)8-12-23(29)26-30/h3-12,16,20,30H,13-15,17H2,1-2H3,(H,24,25)(H,26,29)/b4-3+,12-8+/t20-/m1/s1. The minimum absolute atomic E-state index is 0.367. The van der Waals surface area contributed by atoms with E-state index in [0.717, 1.165) is 37.4 Å². The first-order valence-electron chi connectivity index (χ1n) is 10.0. The molecule has 2 heterocycles. The van der Waals surface area contributed by atoms with E-state index in [1.807, 2.05) is 26.2 Å². The van der Waals surface area contributed by atoms with Crippen LogP contribution in [0.15, 0.2) is 54.7 Å². The Morgan fingerprint density at radius 1 is 1.20 bits per heavy atom. The van der Waals surface area contributed by atoms with Gasteiger partial charge in [0.2, 0.25) is 0 Å². The number of hydrogen-bond acceptors (Lipinski definition) is 6. The van der Waals surface area contributed by atoms with E-state index >= 15 is 0 Å². The molecule has 1 saturated heterocycles. The predicted molar refractivity (Wildman–Crippen MR) is 121 cm³/mol. The number of aromatic nitrogens is 1. The van der Waals surface area contributed by atoms with Gasteiger partial charge in [-0.15, -0.1) is 0 Å². The average Bonchev–Trinajstić information content (AvgIpc) is 3.20. The number of carbonyl (C=O) groups is 1. The van der Waals surface area contributed by atoms with E-state index in [0.29, 0.717) is 6.04 Å². The fourth-order valence-electron chi connectivity index (χ4n) is 3.35. The molecule has 1 fully saturated rings. The molecule has 0 saturated carbocycles. The topological polar surface area (TPSA) is 80.7 Å². The summed E-state index contributed by atoms with van der Waals surface area (Å²) in [5, 5.41) is 12.0. The second-order valence-electron chi connectivity index (χ2n) is 7.56. The van der Waals surface area contributed by atoms with Crippen molar-refractivity contribution in [2.24, 2.45) is 0 Å². The Labute approximate surface area is 177 Å². The second kappa shape index (κ2) is 10.6. The highest BCUT2D eigenvalue weighted by Crippen LogP contribution is 2.16. The summed E-state index contributed by atoms with van der Waals surface area (Å²) in [7, 11) is 4.09. The van der Waals surface area contributed by atoms with Gasteiger partial charge in [0.25, 0.3) is 5.91 Å². The first-order chi connectivity index (χ1) is 14.5. The number of benzene rings is 1. The van der Waals surface area contributed by atoms with Gasteiger partial charge in [-0.05, 0) is 47.9 Å². The fourth-order valence-corrected chi connectivity index (χ4v) is 3.35. The van der Waals surface area contributed by atoms with Crippen LogP contribution in [0.4, 0.5) is 11.5 Å². The van der Waals surface area contributed by atoms with Crippen LogP contribution in [0, 0.1) is 0 Å². The number of likely N-dealkylation sites (tertiary alicyclic amines) is 1. The lowest BCUT2D eigenvalue weighted by molar-refractivity contribution is -0.124. The van der Waals surface area contributed by atoms with Gasteiger partial charge >= 0.3 is 0 Å². The van der Waals surface area contributed by atoms with Crippen LogP contribution in [-0.4, -0.2) is 60.8 Å². The smallest absolute Gasteiger partial charge is 0.267 e. The highest BCUT2D eigenvalue weighted by Gasteiger charge is 2.21. The lowest BCUT2D eigenvalue weighted by Crippen LogP contribution is -2.26. The largest absolute Gasteiger partial charge is 0.378 e. The zero-order valence-corrected chi connectivity index (χ0v) is 17.5. The molecule has 1 atom stereocenters. The summed E-state index contributed by atoms with van der Waals surface area (Å²) in [6.45, 7) is 2.96. The van der Waals surface area contributed by atoms with E-state index in [1.54, 1.807) is 17.8 Å². The van der Waals surface area contributed by atoms with Gasteiger partial charge in [0.05, 0.1) is 0 Å². The van der Waals surface area contributed by atoms with Crippen molar-refractivity contribution in [1.82, 2.24) is 15.4 Å². The normalized spacial score (nSPS) is 17.0. The molecular weight excluding hydrogens is 378 g/mol. The molecule has 7 heteroatoms. The molecule has 1 amide bonds. The lowest BCUT2D eigenvalue weighted by Gasteiger charge is -2.15. The predicted octanol–water partition coefficient (Wildman–Crippen LogP) is 2.87. The molecule has 158 valence electrons. The Morgan fingerprint density at radius 3 is 2.63 bits per heavy atom. The minimum atomic E-state index is -0.567. The van der Waals surface area contributed by atoms with Crippen LogP contribution in [0.2, 0.25) is 0 Å². The molecule has 7 nitrogen and oxygen atoms in total. The highest BCUT2D eigenvalue weighted by molar-refractivity contribution is 5.90. The Morgan fingerprint density at radius 2 is 1.97 bits per heavy atom. The van der Waals surface area contributed by atoms with E-state index in [1.165, 1.54) is 17.3 Å². The number of hydroxylamine groups is 1. The quantitative estimate of drug-likeness (QED) is 0.355. The molecule has 0 radical (unpaired) electrons. The van der Waals surface area contributed by atoms with Gasteiger partial charge in [-0.1, -0.05) is 24.3 Å². The summed E-state index contributed by atoms with van der Waals surface area (Å²) in [5.41, 5.74) is 4.77. The Balaban J connectivity index is 1.44. The average molecular weight is 408 g/mol. The molecule has 30 heavy (non-hydrogen) atoms. The number of carbonyl (C=O) groups excluding carboxylic acids is 1. The third-order valence-corrected chi connectivity index (χ3v) is 5.03. The molecule has 3 rings (SSSR count). The number of amides is 1. The molecular formula is C23H29N5O2. The van der Waals surface area contributed by atoms with Gasteiger partial charge in [-0.25, -0.2) is 10.5 Å². The summed E-state index contributed by atoms with van der Waals surface area (Å²) < 4.78 is 0. The maximum absolute atomic E-state index is 11.0. The van der Waals surface area contributed by atoms with Gasteiger partial charge < -0.3 is 10.2 Å². The maximum Gasteiger partial charge on any atom is 0.267 e. The molecule has 0 bridgehead atoms. The van der Waals surface area contributed by atoms with Crippen LogP contribution >= 0.6 is 0 Å². The van der Waals surface area contributed by atoms with Crippen molar-refractivity contribution in [2.75, 3.05) is 43.9 Å². The molecule has 1 aliphatic rings. The SMILES string of the molecule is CN(C)c1ccc(/C=C/CN2CC[C@@H](Nc3ccc(/C=C/C(=O)NO)cn3)C2)cc1. The van der Waals surface area contributed by atoms with Gasteiger partial charge in [0, 0.05) is 57.7 Å². The molecule has 3 N–H and O–H groups in total. The van der Waals surface area contributed by atoms with E-state index in [4.69, 9.17) is 5.21 Å². The lowest BCUT2D eigenvalue weighted by atomic mass is 10.2. The van der Waals surface area contributed by atoms with Gasteiger partial charge in [0.15, 0.2) is 0 Å². The van der Waals surface area contributed by atoms with Crippen molar-refractivity contribution in [2.45, 2.75) is 12.5 Å². The summed E-state index contributed by atoms with van der Waals surface area (Å²) in [6.07, 6.45) is 10.0. The number of rotatable bonds is 8. The first-order valence-corrected chi connectivity index (χ1v) is 10.0. The summed E-state index contributed by atoms with van der Waals surface area (Å²) in [4.78, 5) is 19.9. The van der Waals surface area contributed by atoms with Crippen LogP contribution in [0.1, 0.15) is 17.5 Å². The minimum Gasteiger partial charge on any atom is -0.378 e. The Hall–Kier alpha value is -3.16. The van der Waals surface area contributed by atoms with Crippen molar-refractivity contribution in [3.63, 3.8) is 0 Å². The van der Waals surface area contributed by atoms with Gasteiger partial charge in [-0.2, -0.15) is 0 Å². The zero-order chi connectivity index (χ0) is 21.3. The third-order valence-electron chi connectivity index (χ3n) is 5.03. The maximum atomic E-state index is 11.0. The van der Waals surface area contributed by atoms with Crippen LogP contribution in [0.5, 0.6) is 0 Å². The van der Waals surface area contributed by atoms with Crippen LogP contribution in [-0.2, 0) is 4.79 Å². The molecule has 0 unspecified atom stereocenters. The Bertz CT molecular complexity index is 875. The molecule has 1 aliphatic heterocycles. The van der Waals surface area contributed by atoms with Crippen molar-refractivity contribution < 1.29 is 10.0 Å². The van der Waals surface area contributed by atoms with E-state index in [-0.39, 0.29) is 0 Å². The summed E-state index contributed by atoms with van der Waals surface area (Å²) >= 11 is 0. The highest BCUT2D eigenvalue weighted by atomic mass is 16.5. The number of nitrogens with zero attached hydrogens (tertiary/aromatic N) is 3. The van der Waals surface area contributed by atoms with Crippen molar-refractivity contribution in [3.8, 4) is 0 Å². The monoisotopic (exact) mass is 407 g/mol. The van der Waals surface area contributed by atoms with Crippen molar-refractivity contribution in [3.05, 3.63) is 65.9 Å². The molecule has 0 aliphatic carbocycles. The second-order valence-corrected chi connectivity index (χ2v) is 7.56. The van der Waals surface area contributed by atoms with Crippen molar-refractivity contribution in [1.29, 1.82) is 0 Å². The van der Waals surface area contributed by atoms with Gasteiger partial charge in [0.1, 0.15) is 5.82 Å². The molecule has 2 aromatic rings. The number of hydrogen-bond donors (Lipinski definition) is 3. The Kier molecular flexibility index (Phi) is 7.59. The van der Waals surface area contributed by atoms with Crippen LogP contribution < -0.4 is 15.7 Å². The van der Waals surface area contributed by atoms with E-state index in [9.17, 15) is 4.79 Å². The molecule has 1 aromatic heterocycles. The number of pyridine rings is 1. The zero-order valence-electron chi connectivity index (χ0n) is 17.5. The van der Waals surface area contributed by atoms with Crippen molar-refractivity contribution >= 4 is 29.6 Å². The summed E-state index contributed by atoms with van der Waals surface area (Å²) in [5.74, 6) is 0.255. The molecule has 1 aromatic carbocycles. The number of nitrogens with one attached hydrogen (secondary N) is 2. The molecule has 0 spiro atoms. The fraction of sp³-hybridized carbons (Fsp3) is 0.304. The first kappa shape index (κ1) is 21.5. The number of anilines is 2. The van der Waals surface area contributed by atoms with Crippen LogP contribution in [0.25, 0.3) is 12.2 Å². The summed E-state index contributed by atoms with van der Waals surface area (Å²) in [6, 6.07) is 12.7. The van der Waals surface area contributed by atoms with E-state index < -0.39 is 5.91 Å². The third kappa shape index (κ3) is 6.43. The van der Waals surface area contributed by atoms with Gasteiger partial charge in [-0.3, -0.25) is 14.9 Å². The van der Waals surface area contributed by atoms with E-state index in [2.05, 4.69) is 56.5 Å². The van der Waals surface area contributed by atoms with Crippen LogP contribution in [0.3, 0.4) is 0 Å².